The summed E-state index contributed by atoms with van der Waals surface area (Å²) < 4.78 is 5.98. The first-order chi connectivity index (χ1) is 7.02. The second-order valence-corrected chi connectivity index (χ2v) is 5.02. The summed E-state index contributed by atoms with van der Waals surface area (Å²) in [5.74, 6) is 0.718. The molecule has 0 aliphatic heterocycles. The molecule has 0 aromatic heterocycles. The van der Waals surface area contributed by atoms with Crippen molar-refractivity contribution in [3.05, 3.63) is 12.2 Å². The van der Waals surface area contributed by atoms with Crippen LogP contribution in [0.25, 0.3) is 0 Å². The van der Waals surface area contributed by atoms with Crippen molar-refractivity contribution in [2.75, 3.05) is 6.61 Å². The maximum atomic E-state index is 6.25. The summed E-state index contributed by atoms with van der Waals surface area (Å²) in [6.45, 7) is 11.1. The lowest BCUT2D eigenvalue weighted by Crippen LogP contribution is -2.53. The standard InChI is InChI=1S/C13H25NO/c1-5-15-13(12(14)10(2)3)8-6-7-11(4)9-13/h11-12H,2,5-9,14H2,1,3-4H3. The van der Waals surface area contributed by atoms with E-state index in [9.17, 15) is 0 Å². The minimum atomic E-state index is -0.141. The number of rotatable bonds is 4. The normalized spacial score (nSPS) is 33.7. The molecule has 2 nitrogen and oxygen atoms in total. The molecular formula is C13H25NO. The summed E-state index contributed by atoms with van der Waals surface area (Å²) in [7, 11) is 0. The lowest BCUT2D eigenvalue weighted by atomic mass is 9.73. The first kappa shape index (κ1) is 12.7. The molecule has 1 rings (SSSR count). The zero-order valence-electron chi connectivity index (χ0n) is 10.4. The topological polar surface area (TPSA) is 35.2 Å². The van der Waals surface area contributed by atoms with Crippen molar-refractivity contribution in [1.29, 1.82) is 0 Å². The largest absolute Gasteiger partial charge is 0.373 e. The van der Waals surface area contributed by atoms with Crippen molar-refractivity contribution in [2.45, 2.75) is 58.1 Å². The highest BCUT2D eigenvalue weighted by Crippen LogP contribution is 2.38. The van der Waals surface area contributed by atoms with Gasteiger partial charge in [-0.2, -0.15) is 0 Å². The van der Waals surface area contributed by atoms with Crippen LogP contribution in [0.5, 0.6) is 0 Å². The van der Waals surface area contributed by atoms with Gasteiger partial charge in [0.05, 0.1) is 11.6 Å². The number of nitrogens with two attached hydrogens (primary N) is 1. The number of hydrogen-bond acceptors (Lipinski definition) is 2. The molecule has 1 aliphatic rings. The second kappa shape index (κ2) is 5.13. The van der Waals surface area contributed by atoms with Crippen molar-refractivity contribution in [2.24, 2.45) is 11.7 Å². The van der Waals surface area contributed by atoms with Crippen LogP contribution in [-0.4, -0.2) is 18.2 Å². The Morgan fingerprint density at radius 1 is 1.67 bits per heavy atom. The summed E-state index contributed by atoms with van der Waals surface area (Å²) >= 11 is 0. The van der Waals surface area contributed by atoms with Crippen molar-refractivity contribution in [3.8, 4) is 0 Å². The molecule has 0 amide bonds. The Morgan fingerprint density at radius 2 is 2.33 bits per heavy atom. The van der Waals surface area contributed by atoms with Gasteiger partial charge in [-0.3, -0.25) is 0 Å². The molecule has 15 heavy (non-hydrogen) atoms. The SMILES string of the molecule is C=C(C)C(N)C1(OCC)CCCC(C)C1. The van der Waals surface area contributed by atoms with E-state index in [0.29, 0.717) is 0 Å². The first-order valence-corrected chi connectivity index (χ1v) is 6.07. The van der Waals surface area contributed by atoms with Crippen molar-refractivity contribution in [1.82, 2.24) is 0 Å². The molecule has 0 radical (unpaired) electrons. The van der Waals surface area contributed by atoms with Gasteiger partial charge in [0.1, 0.15) is 0 Å². The van der Waals surface area contributed by atoms with Gasteiger partial charge in [0.2, 0.25) is 0 Å². The van der Waals surface area contributed by atoms with E-state index in [-0.39, 0.29) is 11.6 Å². The molecule has 0 saturated heterocycles. The molecule has 0 bridgehead atoms. The number of ether oxygens (including phenoxy) is 1. The molecule has 3 unspecified atom stereocenters. The average molecular weight is 211 g/mol. The summed E-state index contributed by atoms with van der Waals surface area (Å²) in [5, 5.41) is 0. The van der Waals surface area contributed by atoms with Crippen LogP contribution in [0.2, 0.25) is 0 Å². The quantitative estimate of drug-likeness (QED) is 0.726. The van der Waals surface area contributed by atoms with E-state index in [4.69, 9.17) is 10.5 Å². The van der Waals surface area contributed by atoms with Gasteiger partial charge in [-0.25, -0.2) is 0 Å². The molecule has 0 spiro atoms. The van der Waals surface area contributed by atoms with Crippen LogP contribution in [0.15, 0.2) is 12.2 Å². The molecule has 0 heterocycles. The Hall–Kier alpha value is -0.340. The van der Waals surface area contributed by atoms with Gasteiger partial charge in [0, 0.05) is 6.61 Å². The third-order valence-corrected chi connectivity index (χ3v) is 3.52. The van der Waals surface area contributed by atoms with Crippen LogP contribution < -0.4 is 5.73 Å². The molecule has 1 saturated carbocycles. The van der Waals surface area contributed by atoms with Crippen molar-refractivity contribution >= 4 is 0 Å². The van der Waals surface area contributed by atoms with Crippen LogP contribution in [0.3, 0.4) is 0 Å². The van der Waals surface area contributed by atoms with E-state index in [1.807, 2.05) is 13.8 Å². The molecule has 88 valence electrons. The van der Waals surface area contributed by atoms with Crippen LogP contribution >= 0.6 is 0 Å². The van der Waals surface area contributed by atoms with E-state index >= 15 is 0 Å². The smallest absolute Gasteiger partial charge is 0.0873 e. The van der Waals surface area contributed by atoms with Crippen LogP contribution in [0, 0.1) is 5.92 Å². The monoisotopic (exact) mass is 211 g/mol. The average Bonchev–Trinajstić information content (AvgIpc) is 2.17. The first-order valence-electron chi connectivity index (χ1n) is 6.07. The molecule has 3 atom stereocenters. The van der Waals surface area contributed by atoms with E-state index in [0.717, 1.165) is 30.9 Å². The van der Waals surface area contributed by atoms with Crippen LogP contribution in [0.1, 0.15) is 46.5 Å². The Balaban J connectivity index is 2.81. The predicted octanol–water partition coefficient (Wildman–Crippen LogP) is 2.88. The van der Waals surface area contributed by atoms with Crippen LogP contribution in [-0.2, 0) is 4.74 Å². The minimum absolute atomic E-state index is 0.0137. The summed E-state index contributed by atoms with van der Waals surface area (Å²) in [5.41, 5.74) is 7.15. The minimum Gasteiger partial charge on any atom is -0.373 e. The highest BCUT2D eigenvalue weighted by atomic mass is 16.5. The predicted molar refractivity (Wildman–Crippen MR) is 64.8 cm³/mol. The van der Waals surface area contributed by atoms with Gasteiger partial charge in [-0.05, 0) is 32.6 Å². The highest BCUT2D eigenvalue weighted by Gasteiger charge is 2.41. The fourth-order valence-corrected chi connectivity index (χ4v) is 2.78. The second-order valence-electron chi connectivity index (χ2n) is 5.02. The third-order valence-electron chi connectivity index (χ3n) is 3.52. The molecule has 1 aliphatic carbocycles. The van der Waals surface area contributed by atoms with Gasteiger partial charge >= 0.3 is 0 Å². The summed E-state index contributed by atoms with van der Waals surface area (Å²) in [6.07, 6.45) is 4.69. The molecule has 1 fully saturated rings. The maximum Gasteiger partial charge on any atom is 0.0873 e. The lowest BCUT2D eigenvalue weighted by molar-refractivity contribution is -0.0855. The number of hydrogen-bond donors (Lipinski definition) is 1. The van der Waals surface area contributed by atoms with Crippen molar-refractivity contribution < 1.29 is 4.74 Å². The fourth-order valence-electron chi connectivity index (χ4n) is 2.78. The van der Waals surface area contributed by atoms with Crippen LogP contribution in [0.4, 0.5) is 0 Å². The third kappa shape index (κ3) is 2.82. The zero-order valence-corrected chi connectivity index (χ0v) is 10.4. The Morgan fingerprint density at radius 3 is 2.80 bits per heavy atom. The van der Waals surface area contributed by atoms with Crippen molar-refractivity contribution in [3.63, 3.8) is 0 Å². The lowest BCUT2D eigenvalue weighted by Gasteiger charge is -2.44. The highest BCUT2D eigenvalue weighted by molar-refractivity contribution is 5.11. The fraction of sp³-hybridized carbons (Fsp3) is 0.846. The Labute approximate surface area is 93.9 Å². The van der Waals surface area contributed by atoms with E-state index in [1.165, 1.54) is 12.8 Å². The van der Waals surface area contributed by atoms with Gasteiger partial charge in [0.25, 0.3) is 0 Å². The van der Waals surface area contributed by atoms with Gasteiger partial charge < -0.3 is 10.5 Å². The molecular weight excluding hydrogens is 186 g/mol. The van der Waals surface area contributed by atoms with E-state index < -0.39 is 0 Å². The maximum absolute atomic E-state index is 6.25. The van der Waals surface area contributed by atoms with Gasteiger partial charge in [0.15, 0.2) is 0 Å². The van der Waals surface area contributed by atoms with E-state index in [2.05, 4.69) is 13.5 Å². The molecule has 0 aromatic rings. The summed E-state index contributed by atoms with van der Waals surface area (Å²) in [6, 6.07) is -0.0137. The Bertz CT molecular complexity index is 223. The Kier molecular flexibility index (Phi) is 4.35. The van der Waals surface area contributed by atoms with Gasteiger partial charge in [-0.15, -0.1) is 0 Å². The van der Waals surface area contributed by atoms with Gasteiger partial charge in [-0.1, -0.05) is 31.9 Å². The molecule has 2 heteroatoms. The molecule has 2 N–H and O–H groups in total. The summed E-state index contributed by atoms with van der Waals surface area (Å²) in [4.78, 5) is 0. The zero-order chi connectivity index (χ0) is 11.5. The van der Waals surface area contributed by atoms with E-state index in [1.54, 1.807) is 0 Å². The molecule has 0 aromatic carbocycles.